The van der Waals surface area contributed by atoms with Crippen molar-refractivity contribution in [3.8, 4) is 0 Å². The molecule has 0 radical (unpaired) electrons. The number of primary amides is 1. The van der Waals surface area contributed by atoms with Crippen LogP contribution in [0.4, 0.5) is 4.79 Å². The lowest BCUT2D eigenvalue weighted by Crippen LogP contribution is -2.64. The topological polar surface area (TPSA) is 100 Å². The molecule has 0 aliphatic carbocycles. The Labute approximate surface area is 99.8 Å². The van der Waals surface area contributed by atoms with E-state index in [0.717, 1.165) is 0 Å². The summed E-state index contributed by atoms with van der Waals surface area (Å²) in [5.41, 5.74) is 4.19. The van der Waals surface area contributed by atoms with Crippen molar-refractivity contribution in [1.82, 2.24) is 0 Å². The first kappa shape index (κ1) is 14.2. The predicted molar refractivity (Wildman–Crippen MR) is 57.2 cm³/mol. The van der Waals surface area contributed by atoms with Crippen LogP contribution in [0.15, 0.2) is 0 Å². The van der Waals surface area contributed by atoms with Crippen LogP contribution in [0.3, 0.4) is 0 Å². The first-order valence-electron chi connectivity index (χ1n) is 5.21. The van der Waals surface area contributed by atoms with Gasteiger partial charge in [-0.1, -0.05) is 0 Å². The number of aliphatic hydroxyl groups excluding tert-OH is 1. The van der Waals surface area contributed by atoms with Gasteiger partial charge in [-0.25, -0.2) is 4.79 Å². The van der Waals surface area contributed by atoms with Crippen molar-refractivity contribution < 1.29 is 28.8 Å². The highest BCUT2D eigenvalue weighted by atomic mass is 16.7. The third kappa shape index (κ3) is 2.86. The Kier molecular flexibility index (Phi) is 4.31. The second-order valence-electron chi connectivity index (χ2n) is 4.37. The second-order valence-corrected chi connectivity index (χ2v) is 4.37. The fourth-order valence-electron chi connectivity index (χ4n) is 2.04. The number of ether oxygens (including phenoxy) is 4. The molecule has 0 bridgehead atoms. The lowest BCUT2D eigenvalue weighted by Gasteiger charge is -2.47. The van der Waals surface area contributed by atoms with Crippen LogP contribution in [0.5, 0.6) is 0 Å². The van der Waals surface area contributed by atoms with Crippen LogP contribution in [-0.4, -0.2) is 55.6 Å². The van der Waals surface area contributed by atoms with Gasteiger partial charge < -0.3 is 29.8 Å². The van der Waals surface area contributed by atoms with Gasteiger partial charge in [-0.2, -0.15) is 0 Å². The summed E-state index contributed by atoms with van der Waals surface area (Å²) in [6, 6.07) is 0. The van der Waals surface area contributed by atoms with E-state index in [1.54, 1.807) is 13.8 Å². The molecule has 1 unspecified atom stereocenters. The molecule has 1 saturated heterocycles. The number of methoxy groups -OCH3 is 2. The van der Waals surface area contributed by atoms with Gasteiger partial charge in [0, 0.05) is 14.2 Å². The molecule has 3 N–H and O–H groups in total. The van der Waals surface area contributed by atoms with Gasteiger partial charge in [0.2, 0.25) is 0 Å². The van der Waals surface area contributed by atoms with Crippen molar-refractivity contribution in [3.05, 3.63) is 0 Å². The first-order chi connectivity index (χ1) is 7.83. The van der Waals surface area contributed by atoms with Crippen molar-refractivity contribution in [2.45, 2.75) is 44.1 Å². The number of carbonyl (C=O) groups excluding carboxylic acids is 1. The largest absolute Gasteiger partial charge is 0.441 e. The summed E-state index contributed by atoms with van der Waals surface area (Å²) in [6.07, 6.45) is -4.63. The van der Waals surface area contributed by atoms with Crippen LogP contribution in [0.2, 0.25) is 0 Å². The summed E-state index contributed by atoms with van der Waals surface area (Å²) in [7, 11) is 2.82. The van der Waals surface area contributed by atoms with Crippen molar-refractivity contribution in [2.75, 3.05) is 14.2 Å². The molecule has 1 amide bonds. The summed E-state index contributed by atoms with van der Waals surface area (Å²) in [6.45, 7) is 3.49. The first-order valence-corrected chi connectivity index (χ1v) is 5.21. The Bertz CT molecular complexity index is 282. The van der Waals surface area contributed by atoms with Gasteiger partial charge in [-0.3, -0.25) is 0 Å². The van der Waals surface area contributed by atoms with Crippen LogP contribution in [-0.2, 0) is 18.9 Å². The highest BCUT2D eigenvalue weighted by Gasteiger charge is 2.52. The molecule has 0 aromatic carbocycles. The Morgan fingerprint density at radius 3 is 2.35 bits per heavy atom. The lowest BCUT2D eigenvalue weighted by molar-refractivity contribution is -0.319. The smallest absolute Gasteiger partial charge is 0.404 e. The highest BCUT2D eigenvalue weighted by molar-refractivity contribution is 5.65. The molecule has 100 valence electrons. The van der Waals surface area contributed by atoms with Crippen LogP contribution < -0.4 is 5.73 Å². The van der Waals surface area contributed by atoms with E-state index in [2.05, 4.69) is 0 Å². The van der Waals surface area contributed by atoms with E-state index in [4.69, 9.17) is 24.7 Å². The van der Waals surface area contributed by atoms with Gasteiger partial charge in [0.05, 0.1) is 5.60 Å². The Morgan fingerprint density at radius 2 is 1.94 bits per heavy atom. The van der Waals surface area contributed by atoms with E-state index in [-0.39, 0.29) is 0 Å². The Morgan fingerprint density at radius 1 is 1.35 bits per heavy atom. The second kappa shape index (κ2) is 5.18. The molecule has 1 rings (SSSR count). The Balaban J connectivity index is 2.96. The van der Waals surface area contributed by atoms with E-state index >= 15 is 0 Å². The van der Waals surface area contributed by atoms with Gasteiger partial charge >= 0.3 is 6.09 Å². The molecule has 7 nitrogen and oxygen atoms in total. The molecule has 0 aromatic heterocycles. The number of amides is 1. The normalized spacial score (nSPS) is 36.5. The minimum atomic E-state index is -1.16. The Hall–Kier alpha value is -0.890. The van der Waals surface area contributed by atoms with E-state index in [9.17, 15) is 9.90 Å². The van der Waals surface area contributed by atoms with Gasteiger partial charge in [0.1, 0.15) is 12.2 Å². The fourth-order valence-corrected chi connectivity index (χ4v) is 2.04. The van der Waals surface area contributed by atoms with E-state index in [1.165, 1.54) is 14.2 Å². The number of aliphatic hydroxyl groups is 1. The van der Waals surface area contributed by atoms with Gasteiger partial charge in [0.15, 0.2) is 12.4 Å². The van der Waals surface area contributed by atoms with Gasteiger partial charge in [-0.05, 0) is 13.8 Å². The van der Waals surface area contributed by atoms with E-state index < -0.39 is 36.3 Å². The molecule has 7 heteroatoms. The minimum Gasteiger partial charge on any atom is -0.441 e. The molecule has 1 fully saturated rings. The standard InChI is InChI=1S/C10H19NO6/c1-10(2)7(14-3)6(16-9(11)13)5(12)8(15-4)17-10/h5-8,12H,1-4H3,(H2,11,13)/t5-,6-,7+,8?/m0/s1. The van der Waals surface area contributed by atoms with E-state index in [1.807, 2.05) is 0 Å². The molecule has 0 aromatic rings. The van der Waals surface area contributed by atoms with Crippen molar-refractivity contribution in [2.24, 2.45) is 5.73 Å². The number of rotatable bonds is 3. The molecule has 0 spiro atoms. The van der Waals surface area contributed by atoms with Crippen LogP contribution >= 0.6 is 0 Å². The number of carbonyl (C=O) groups is 1. The predicted octanol–water partition coefficient (Wildman–Crippen LogP) is -0.392. The molecular weight excluding hydrogens is 230 g/mol. The van der Waals surface area contributed by atoms with Crippen LogP contribution in [0, 0.1) is 0 Å². The molecule has 17 heavy (non-hydrogen) atoms. The molecule has 1 aliphatic rings. The molecule has 0 saturated carbocycles. The summed E-state index contributed by atoms with van der Waals surface area (Å²) >= 11 is 0. The summed E-state index contributed by atoms with van der Waals surface area (Å²) in [4.78, 5) is 10.8. The van der Waals surface area contributed by atoms with E-state index in [0.29, 0.717) is 0 Å². The number of nitrogens with two attached hydrogens (primary N) is 1. The average molecular weight is 249 g/mol. The van der Waals surface area contributed by atoms with Crippen LogP contribution in [0.25, 0.3) is 0 Å². The lowest BCUT2D eigenvalue weighted by atomic mass is 9.89. The number of hydrogen-bond donors (Lipinski definition) is 2. The molecule has 1 heterocycles. The van der Waals surface area contributed by atoms with Crippen LogP contribution in [0.1, 0.15) is 13.8 Å². The molecular formula is C10H19NO6. The molecule has 4 atom stereocenters. The third-order valence-electron chi connectivity index (χ3n) is 2.76. The zero-order valence-corrected chi connectivity index (χ0v) is 10.4. The number of hydrogen-bond acceptors (Lipinski definition) is 6. The summed E-state index contributed by atoms with van der Waals surface area (Å²) < 4.78 is 20.6. The third-order valence-corrected chi connectivity index (χ3v) is 2.76. The fraction of sp³-hybridized carbons (Fsp3) is 0.900. The van der Waals surface area contributed by atoms with Gasteiger partial charge in [-0.15, -0.1) is 0 Å². The maximum absolute atomic E-state index is 10.8. The SMILES string of the molecule is COC1OC(C)(C)[C@H](OC)[C@@H](OC(N)=O)[C@@H]1O. The van der Waals surface area contributed by atoms with Gasteiger partial charge in [0.25, 0.3) is 0 Å². The maximum Gasteiger partial charge on any atom is 0.404 e. The van der Waals surface area contributed by atoms with Crippen molar-refractivity contribution in [1.29, 1.82) is 0 Å². The zero-order valence-electron chi connectivity index (χ0n) is 10.4. The molecule has 1 aliphatic heterocycles. The van der Waals surface area contributed by atoms with Crippen molar-refractivity contribution in [3.63, 3.8) is 0 Å². The maximum atomic E-state index is 10.8. The zero-order chi connectivity index (χ0) is 13.2. The highest BCUT2D eigenvalue weighted by Crippen LogP contribution is 2.33. The average Bonchev–Trinajstić information content (AvgIpc) is 2.22. The van der Waals surface area contributed by atoms with Crippen molar-refractivity contribution >= 4 is 6.09 Å². The summed E-state index contributed by atoms with van der Waals surface area (Å²) in [5.74, 6) is 0. The monoisotopic (exact) mass is 249 g/mol. The minimum absolute atomic E-state index is 0.642. The quantitative estimate of drug-likeness (QED) is 0.706. The summed E-state index contributed by atoms with van der Waals surface area (Å²) in [5, 5.41) is 9.95.